The molecule has 0 amide bonds. The van der Waals surface area contributed by atoms with Crippen molar-refractivity contribution in [1.82, 2.24) is 58.6 Å². The molecule has 3 aliphatic rings. The van der Waals surface area contributed by atoms with Gasteiger partial charge in [0.2, 0.25) is 0 Å². The highest BCUT2D eigenvalue weighted by molar-refractivity contribution is 7.48. The number of ether oxygens (including phenoxy) is 6. The van der Waals surface area contributed by atoms with Gasteiger partial charge in [-0.3, -0.25) is 60.4 Å². The number of hydrogen-bond donors (Lipinski definition) is 7. The fourth-order valence-corrected chi connectivity index (χ4v) is 16.3. The summed E-state index contributed by atoms with van der Waals surface area (Å²) in [4.78, 5) is 124. The number of nitrogens with zero attached hydrogens (tertiary/aromatic N) is 12. The molecule has 0 bridgehead atoms. The Hall–Kier alpha value is -6.86. The fraction of sp³-hybridized carbons (Fsp3) is 0.725. The summed E-state index contributed by atoms with van der Waals surface area (Å²) in [5, 5.41) is 10.0. The first-order valence-electron chi connectivity index (χ1n) is 38.4. The van der Waals surface area contributed by atoms with Gasteiger partial charge in [-0.05, 0) is 12.8 Å². The van der Waals surface area contributed by atoms with Gasteiger partial charge < -0.3 is 65.0 Å². The molecule has 10 N–H and O–H groups in total. The van der Waals surface area contributed by atoms with Crippen LogP contribution < -0.4 is 17.2 Å². The summed E-state index contributed by atoms with van der Waals surface area (Å²) in [6.07, 6.45) is 22.0. The number of nitrogens with two attached hydrogens (primary N) is 3. The quantitative estimate of drug-likeness (QED) is 0.00807. The van der Waals surface area contributed by atoms with E-state index in [1.165, 1.54) is 142 Å². The Kier molecular flexibility index (Phi) is 34.8. The summed E-state index contributed by atoms with van der Waals surface area (Å²) < 4.78 is 114. The number of phosphoric ester groups is 3. The predicted octanol–water partition coefficient (Wildman–Crippen LogP) is 10.9. The number of carbonyl (C=O) groups excluding carboxylic acids is 4. The van der Waals surface area contributed by atoms with E-state index in [1.807, 2.05) is 0 Å². The molecule has 612 valence electrons. The average Bonchev–Trinajstić information content (AvgIpc) is 1.64. The van der Waals surface area contributed by atoms with Gasteiger partial charge in [-0.2, -0.15) is 0 Å². The van der Waals surface area contributed by atoms with Crippen LogP contribution in [0.2, 0.25) is 0 Å². The Morgan fingerprint density at radius 2 is 0.755 bits per heavy atom. The minimum Gasteiger partial charge on any atom is -0.462 e. The number of aliphatic hydroxyl groups is 1. The highest BCUT2D eigenvalue weighted by Crippen LogP contribution is 2.54. The first-order valence-corrected chi connectivity index (χ1v) is 42.9. The molecule has 9 heterocycles. The molecular weight excluding hydrogens is 1500 g/mol. The number of esters is 3. The number of aliphatic hydroxyl groups excluding tert-OH is 1. The van der Waals surface area contributed by atoms with Crippen molar-refractivity contribution in [3.05, 3.63) is 38.0 Å². The van der Waals surface area contributed by atoms with Crippen LogP contribution >= 0.6 is 23.5 Å². The maximum atomic E-state index is 14.2. The Labute approximate surface area is 637 Å². The number of unbranched alkanes of at least 4 members (excludes halogenated alkanes) is 24. The van der Waals surface area contributed by atoms with Gasteiger partial charge in [0.1, 0.15) is 67.1 Å². The number of nitrogen functional groups attached to an aromatic ring is 3. The molecule has 3 fully saturated rings. The molecule has 9 rings (SSSR count). The summed E-state index contributed by atoms with van der Waals surface area (Å²) in [6.45, 7) is 1.58. The third kappa shape index (κ3) is 27.2. The van der Waals surface area contributed by atoms with E-state index in [1.54, 1.807) is 0 Å². The number of imidazole rings is 3. The van der Waals surface area contributed by atoms with Crippen molar-refractivity contribution in [2.45, 2.75) is 287 Å². The van der Waals surface area contributed by atoms with Gasteiger partial charge in [-0.25, -0.2) is 58.6 Å². The number of fused-ring (bicyclic) bond motifs is 3. The molecule has 0 aliphatic carbocycles. The van der Waals surface area contributed by atoms with E-state index in [4.69, 9.17) is 72.8 Å². The number of phosphoric acid groups is 3. The van der Waals surface area contributed by atoms with Crippen molar-refractivity contribution in [3.63, 3.8) is 0 Å². The maximum absolute atomic E-state index is 14.2. The molecule has 0 spiro atoms. The fourth-order valence-electron chi connectivity index (χ4n) is 13.4. The van der Waals surface area contributed by atoms with Crippen LogP contribution in [-0.4, -0.2) is 178 Å². The molecule has 0 saturated carbocycles. The topological polar surface area (TPSA) is 520 Å². The number of carbonyl (C=O) groups is 4. The molecule has 6 aromatic heterocycles. The zero-order chi connectivity index (χ0) is 78.5. The van der Waals surface area contributed by atoms with Gasteiger partial charge in [0, 0.05) is 32.1 Å². The molecule has 0 radical (unpaired) electrons. The predicted molar refractivity (Wildman–Crippen MR) is 396 cm³/mol. The lowest BCUT2D eigenvalue weighted by Crippen LogP contribution is -2.31. The molecule has 0 aromatic carbocycles. The van der Waals surface area contributed by atoms with E-state index in [-0.39, 0.29) is 83.2 Å². The SMILES string of the molecule is CCCCCCCCCCCCCCCC(=O)OCC(COC(=O)CCC(=O)OP(=O)(O)O[C@@H]1C[C@@H](COP(=O)(O)O[C@@H]2C[C@@H](COP(=O)(O)O[C@@H]3C[C@@H](CO)O[C@H]3n3cnc4c(N)ncnc43)O[C@H]2n2cnc3c(N)ncnc32)O[C@H]1n1cnc2c(N)ncnc21)OC(=O)CCCCCCCCCCCCCCC. The lowest BCUT2D eigenvalue weighted by atomic mass is 10.0. The van der Waals surface area contributed by atoms with Gasteiger partial charge in [-0.15, -0.1) is 0 Å². The summed E-state index contributed by atoms with van der Waals surface area (Å²) in [7, 11) is -15.8. The number of aromatic nitrogens is 12. The van der Waals surface area contributed by atoms with Crippen LogP contribution in [-0.2, 0) is 88.4 Å². The summed E-state index contributed by atoms with van der Waals surface area (Å²) >= 11 is 0. The molecular formula is C69H108N15O23P3. The van der Waals surface area contributed by atoms with Crippen molar-refractivity contribution in [2.24, 2.45) is 0 Å². The first kappa shape index (κ1) is 87.1. The molecule has 13 atom stereocenters. The van der Waals surface area contributed by atoms with E-state index in [9.17, 15) is 52.7 Å². The van der Waals surface area contributed by atoms with Gasteiger partial charge in [0.25, 0.3) is 0 Å². The molecule has 3 saturated heterocycles. The molecule has 41 heteroatoms. The van der Waals surface area contributed by atoms with Crippen molar-refractivity contribution in [1.29, 1.82) is 0 Å². The molecule has 110 heavy (non-hydrogen) atoms. The Morgan fingerprint density at radius 1 is 0.436 bits per heavy atom. The third-order valence-electron chi connectivity index (χ3n) is 19.2. The minimum atomic E-state index is -5.45. The highest BCUT2D eigenvalue weighted by Gasteiger charge is 2.48. The van der Waals surface area contributed by atoms with Crippen LogP contribution in [0.1, 0.15) is 244 Å². The van der Waals surface area contributed by atoms with Crippen LogP contribution in [0.3, 0.4) is 0 Å². The number of anilines is 3. The Bertz CT molecular complexity index is 4030. The van der Waals surface area contributed by atoms with Crippen molar-refractivity contribution in [2.75, 3.05) is 50.2 Å². The monoisotopic (exact) mass is 1610 g/mol. The van der Waals surface area contributed by atoms with Gasteiger partial charge in [0.05, 0.1) is 70.0 Å². The van der Waals surface area contributed by atoms with Crippen molar-refractivity contribution in [3.8, 4) is 0 Å². The third-order valence-corrected chi connectivity index (χ3v) is 22.2. The first-order chi connectivity index (χ1) is 53.0. The van der Waals surface area contributed by atoms with Crippen LogP contribution in [0.4, 0.5) is 17.5 Å². The van der Waals surface area contributed by atoms with Crippen LogP contribution in [0.5, 0.6) is 0 Å². The summed E-state index contributed by atoms with van der Waals surface area (Å²) in [6, 6.07) is 0. The lowest BCUT2D eigenvalue weighted by molar-refractivity contribution is -0.167. The van der Waals surface area contributed by atoms with Crippen molar-refractivity contribution < 1.29 is 108 Å². The van der Waals surface area contributed by atoms with E-state index in [2.05, 4.69) is 58.7 Å². The second kappa shape index (κ2) is 44.0. The zero-order valence-corrected chi connectivity index (χ0v) is 65.3. The normalized spacial score (nSPS) is 22.0. The second-order valence-electron chi connectivity index (χ2n) is 27.9. The summed E-state index contributed by atoms with van der Waals surface area (Å²) in [5.74, 6) is -3.42. The van der Waals surface area contributed by atoms with E-state index < -0.39 is 154 Å². The van der Waals surface area contributed by atoms with Crippen LogP contribution in [0, 0.1) is 0 Å². The Morgan fingerprint density at radius 3 is 1.13 bits per heavy atom. The lowest BCUT2D eigenvalue weighted by Gasteiger charge is -2.23. The van der Waals surface area contributed by atoms with E-state index >= 15 is 0 Å². The zero-order valence-electron chi connectivity index (χ0n) is 62.6. The van der Waals surface area contributed by atoms with E-state index in [0.717, 1.165) is 64.0 Å². The standard InChI is InChI=1S/C69H108N15O23P3/c1-3-5-7-9-11-13-15-17-19-21-23-25-27-29-54(86)96-37-50(100-56(88)30-28-26-24-22-20-18-16-14-12-10-8-6-4-2)38-97-55(87)31-32-57(89)107-110(94,95)106-53-35-49(103-69(53)84-46-81-60-63(72)75-43-78-66(60)84)40-99-109(92,93)105-52-34-48(102-68(52)83-45-80-59-62(71)74-42-77-65(59)83)39-98-108(90,91)104-51-33-47(36-85)101-67(51)82-44-79-58-61(70)73-41-76-64(58)82/h41-53,67-69,85H,3-40H2,1-2H3,(H,90,91)(H,92,93)(H,94,95)(H2,70,73,76)(H2,71,74,77)(H2,72,75,78)/t47-,48-,49-,50?,51+,52+,53+,67+,68+,69+/m0/s1. The van der Waals surface area contributed by atoms with Gasteiger partial charge >= 0.3 is 47.3 Å². The molecule has 38 nitrogen and oxygen atoms in total. The number of hydrogen-bond acceptors (Lipinski definition) is 32. The largest absolute Gasteiger partial charge is 0.530 e. The maximum Gasteiger partial charge on any atom is 0.530 e. The second-order valence-corrected chi connectivity index (χ2v) is 32.1. The smallest absolute Gasteiger partial charge is 0.462 e. The van der Waals surface area contributed by atoms with Crippen molar-refractivity contribution >= 4 is 98.3 Å². The van der Waals surface area contributed by atoms with Crippen LogP contribution in [0.15, 0.2) is 38.0 Å². The Balaban J connectivity index is 0.768. The van der Waals surface area contributed by atoms with Crippen LogP contribution in [0.25, 0.3) is 33.5 Å². The molecule has 3 aliphatic heterocycles. The summed E-state index contributed by atoms with van der Waals surface area (Å²) in [5.41, 5.74) is 18.9. The van der Waals surface area contributed by atoms with Gasteiger partial charge in [0.15, 0.2) is 59.2 Å². The highest BCUT2D eigenvalue weighted by atomic mass is 31.2. The van der Waals surface area contributed by atoms with Gasteiger partial charge in [-0.1, -0.05) is 168 Å². The number of rotatable bonds is 53. The molecule has 4 unspecified atom stereocenters. The molecule has 6 aromatic rings. The average molecular weight is 1610 g/mol. The van der Waals surface area contributed by atoms with E-state index in [0.29, 0.717) is 12.8 Å². The minimum absolute atomic E-state index is 0.0228.